The van der Waals surface area contributed by atoms with Crippen molar-refractivity contribution < 1.29 is 26.4 Å². The Kier molecular flexibility index (Phi) is 4.52. The summed E-state index contributed by atoms with van der Waals surface area (Å²) in [4.78, 5) is 11.7. The van der Waals surface area contributed by atoms with Crippen molar-refractivity contribution in [3.8, 4) is 0 Å². The number of hydrogen-bond donors (Lipinski definition) is 2. The molecule has 1 fully saturated rings. The van der Waals surface area contributed by atoms with E-state index in [0.29, 0.717) is 12.1 Å². The first-order chi connectivity index (χ1) is 9.77. The van der Waals surface area contributed by atoms with Crippen LogP contribution in [0.3, 0.4) is 0 Å². The number of rotatable bonds is 3. The molecule has 1 heterocycles. The SMILES string of the molecule is O=C(CC1CS(=O)(=O)CCN1)Nc1cc(F)cc(F)c1F. The second kappa shape index (κ2) is 6.02. The number of nitrogens with one attached hydrogen (secondary N) is 2. The molecule has 0 bridgehead atoms. The average Bonchev–Trinajstić information content (AvgIpc) is 2.33. The molecule has 21 heavy (non-hydrogen) atoms. The number of benzene rings is 1. The predicted octanol–water partition coefficient (Wildman–Crippen LogP) is 0.819. The van der Waals surface area contributed by atoms with Crippen LogP contribution in [0.1, 0.15) is 6.42 Å². The number of sulfone groups is 1. The van der Waals surface area contributed by atoms with Crippen LogP contribution in [0.25, 0.3) is 0 Å². The van der Waals surface area contributed by atoms with E-state index in [1.54, 1.807) is 0 Å². The molecule has 0 aliphatic carbocycles. The van der Waals surface area contributed by atoms with Crippen molar-refractivity contribution in [1.82, 2.24) is 5.32 Å². The van der Waals surface area contributed by atoms with Gasteiger partial charge in [0.2, 0.25) is 5.91 Å². The Hall–Kier alpha value is -1.61. The molecule has 2 rings (SSSR count). The van der Waals surface area contributed by atoms with Gasteiger partial charge in [0.05, 0.1) is 17.2 Å². The lowest BCUT2D eigenvalue weighted by Gasteiger charge is -2.23. The summed E-state index contributed by atoms with van der Waals surface area (Å²) in [5, 5.41) is 4.88. The van der Waals surface area contributed by atoms with Crippen molar-refractivity contribution >= 4 is 21.4 Å². The first-order valence-electron chi connectivity index (χ1n) is 6.15. The molecule has 116 valence electrons. The van der Waals surface area contributed by atoms with Crippen molar-refractivity contribution in [3.63, 3.8) is 0 Å². The predicted molar refractivity (Wildman–Crippen MR) is 70.0 cm³/mol. The maximum Gasteiger partial charge on any atom is 0.226 e. The molecular formula is C12H13F3N2O3S. The highest BCUT2D eigenvalue weighted by molar-refractivity contribution is 7.91. The number of amides is 1. The lowest BCUT2D eigenvalue weighted by Crippen LogP contribution is -2.46. The summed E-state index contributed by atoms with van der Waals surface area (Å²) >= 11 is 0. The third kappa shape index (κ3) is 4.18. The maximum atomic E-state index is 13.4. The van der Waals surface area contributed by atoms with Gasteiger partial charge in [0.15, 0.2) is 21.5 Å². The second-order valence-electron chi connectivity index (χ2n) is 4.77. The smallest absolute Gasteiger partial charge is 0.226 e. The largest absolute Gasteiger partial charge is 0.323 e. The highest BCUT2D eigenvalue weighted by Gasteiger charge is 2.26. The number of hydrogen-bond acceptors (Lipinski definition) is 4. The molecule has 1 aliphatic rings. The van der Waals surface area contributed by atoms with E-state index in [2.05, 4.69) is 5.32 Å². The molecule has 2 N–H and O–H groups in total. The Morgan fingerprint density at radius 1 is 1.33 bits per heavy atom. The number of carbonyl (C=O) groups excluding carboxylic acids is 1. The van der Waals surface area contributed by atoms with Crippen molar-refractivity contribution in [2.75, 3.05) is 23.4 Å². The van der Waals surface area contributed by atoms with Crippen molar-refractivity contribution in [2.24, 2.45) is 0 Å². The van der Waals surface area contributed by atoms with Crippen molar-refractivity contribution in [1.29, 1.82) is 0 Å². The normalized spacial score (nSPS) is 21.0. The van der Waals surface area contributed by atoms with Gasteiger partial charge in [-0.25, -0.2) is 21.6 Å². The van der Waals surface area contributed by atoms with Crippen LogP contribution in [0.2, 0.25) is 0 Å². The molecule has 1 saturated heterocycles. The highest BCUT2D eigenvalue weighted by Crippen LogP contribution is 2.19. The Morgan fingerprint density at radius 2 is 2.05 bits per heavy atom. The van der Waals surface area contributed by atoms with Gasteiger partial charge in [-0.3, -0.25) is 4.79 Å². The van der Waals surface area contributed by atoms with E-state index in [1.807, 2.05) is 5.32 Å². The molecule has 0 spiro atoms. The fourth-order valence-electron chi connectivity index (χ4n) is 2.07. The van der Waals surface area contributed by atoms with Gasteiger partial charge in [0, 0.05) is 31.1 Å². The minimum atomic E-state index is -3.21. The van der Waals surface area contributed by atoms with Gasteiger partial charge >= 0.3 is 0 Å². The van der Waals surface area contributed by atoms with Gasteiger partial charge in [0.25, 0.3) is 0 Å². The summed E-state index contributed by atoms with van der Waals surface area (Å²) in [6.07, 6.45) is -0.239. The fourth-order valence-corrected chi connectivity index (χ4v) is 3.51. The van der Waals surface area contributed by atoms with E-state index in [4.69, 9.17) is 0 Å². The molecule has 1 aromatic rings. The van der Waals surface area contributed by atoms with Crippen LogP contribution in [0.4, 0.5) is 18.9 Å². The minimum absolute atomic E-state index is 0.00510. The zero-order valence-electron chi connectivity index (χ0n) is 10.8. The van der Waals surface area contributed by atoms with Gasteiger partial charge in [-0.1, -0.05) is 0 Å². The molecule has 0 aromatic heterocycles. The zero-order chi connectivity index (χ0) is 15.6. The Bertz CT molecular complexity index is 664. The summed E-state index contributed by atoms with van der Waals surface area (Å²) < 4.78 is 62.2. The lowest BCUT2D eigenvalue weighted by atomic mass is 10.2. The third-order valence-electron chi connectivity index (χ3n) is 3.00. The van der Waals surface area contributed by atoms with Gasteiger partial charge in [-0.05, 0) is 0 Å². The van der Waals surface area contributed by atoms with Crippen molar-refractivity contribution in [2.45, 2.75) is 12.5 Å². The molecule has 1 atom stereocenters. The lowest BCUT2D eigenvalue weighted by molar-refractivity contribution is -0.116. The van der Waals surface area contributed by atoms with Crippen LogP contribution < -0.4 is 10.6 Å². The van der Waals surface area contributed by atoms with E-state index < -0.39 is 44.9 Å². The molecule has 1 amide bonds. The molecule has 9 heteroatoms. The summed E-state index contributed by atoms with van der Waals surface area (Å²) in [6, 6.07) is 0.409. The number of halogens is 3. The van der Waals surface area contributed by atoms with Crippen LogP contribution in [0.5, 0.6) is 0 Å². The van der Waals surface area contributed by atoms with E-state index in [1.165, 1.54) is 0 Å². The Labute approximate surface area is 119 Å². The Balaban J connectivity index is 2.02. The monoisotopic (exact) mass is 322 g/mol. The quantitative estimate of drug-likeness (QED) is 0.808. The summed E-state index contributed by atoms with van der Waals surface area (Å²) in [7, 11) is -3.21. The first kappa shape index (κ1) is 15.8. The number of anilines is 1. The first-order valence-corrected chi connectivity index (χ1v) is 7.97. The molecule has 5 nitrogen and oxygen atoms in total. The van der Waals surface area contributed by atoms with Crippen LogP contribution >= 0.6 is 0 Å². The van der Waals surface area contributed by atoms with Crippen LogP contribution in [0, 0.1) is 17.5 Å². The molecular weight excluding hydrogens is 309 g/mol. The number of carbonyl (C=O) groups is 1. The van der Waals surface area contributed by atoms with Gasteiger partial charge in [0.1, 0.15) is 5.82 Å². The highest BCUT2D eigenvalue weighted by atomic mass is 32.2. The maximum absolute atomic E-state index is 13.4. The second-order valence-corrected chi connectivity index (χ2v) is 7.00. The summed E-state index contributed by atoms with van der Waals surface area (Å²) in [5.41, 5.74) is -0.615. The van der Waals surface area contributed by atoms with E-state index in [9.17, 15) is 26.4 Å². The summed E-state index contributed by atoms with van der Waals surface area (Å²) in [6.45, 7) is 0.225. The molecule has 0 saturated carbocycles. The molecule has 1 unspecified atom stereocenters. The van der Waals surface area contributed by atoms with Gasteiger partial charge in [-0.2, -0.15) is 0 Å². The zero-order valence-corrected chi connectivity index (χ0v) is 11.6. The Morgan fingerprint density at radius 3 is 2.71 bits per heavy atom. The third-order valence-corrected chi connectivity index (χ3v) is 4.74. The molecule has 1 aliphatic heterocycles. The van der Waals surface area contributed by atoms with Crippen LogP contribution in [-0.4, -0.2) is 38.4 Å². The minimum Gasteiger partial charge on any atom is -0.323 e. The van der Waals surface area contributed by atoms with E-state index in [0.717, 1.165) is 0 Å². The summed E-state index contributed by atoms with van der Waals surface area (Å²) in [5.74, 6) is -4.75. The molecule has 0 radical (unpaired) electrons. The van der Waals surface area contributed by atoms with E-state index >= 15 is 0 Å². The van der Waals surface area contributed by atoms with Crippen LogP contribution in [0.15, 0.2) is 12.1 Å². The van der Waals surface area contributed by atoms with Crippen LogP contribution in [-0.2, 0) is 14.6 Å². The van der Waals surface area contributed by atoms with Gasteiger partial charge in [-0.15, -0.1) is 0 Å². The standard InChI is InChI=1S/C12H13F3N2O3S/c13-7-3-9(14)12(15)10(4-7)17-11(18)5-8-6-21(19,20)2-1-16-8/h3-4,8,16H,1-2,5-6H2,(H,17,18). The molecule has 1 aromatic carbocycles. The average molecular weight is 322 g/mol. The fraction of sp³-hybridized carbons (Fsp3) is 0.417. The van der Waals surface area contributed by atoms with Gasteiger partial charge < -0.3 is 10.6 Å². The van der Waals surface area contributed by atoms with Crippen molar-refractivity contribution in [3.05, 3.63) is 29.6 Å². The topological polar surface area (TPSA) is 75.3 Å². The van der Waals surface area contributed by atoms with E-state index in [-0.39, 0.29) is 24.5 Å².